The van der Waals surface area contributed by atoms with Crippen molar-refractivity contribution in [3.8, 4) is 11.4 Å². The molecular weight excluding hydrogens is 385 g/mol. The average molecular weight is 399 g/mol. The number of aromatic nitrogens is 2. The van der Waals surface area contributed by atoms with Gasteiger partial charge in [-0.1, -0.05) is 23.7 Å². The number of aliphatic hydroxyl groups is 1. The van der Waals surface area contributed by atoms with Crippen molar-refractivity contribution >= 4 is 22.5 Å². The highest BCUT2D eigenvalue weighted by molar-refractivity contribution is 6.32. The second-order valence-electron chi connectivity index (χ2n) is 5.68. The van der Waals surface area contributed by atoms with Crippen molar-refractivity contribution in [3.05, 3.63) is 63.7 Å². The molecule has 0 unspecified atom stereocenters. The lowest BCUT2D eigenvalue weighted by atomic mass is 10.1. The van der Waals surface area contributed by atoms with Gasteiger partial charge in [-0.15, -0.1) is 13.2 Å². The number of benzene rings is 2. The molecule has 27 heavy (non-hydrogen) atoms. The summed E-state index contributed by atoms with van der Waals surface area (Å²) in [4.78, 5) is 16.7. The average Bonchev–Trinajstić information content (AvgIpc) is 2.59. The summed E-state index contributed by atoms with van der Waals surface area (Å²) in [6, 6.07) is 10.1. The van der Waals surface area contributed by atoms with Crippen LogP contribution in [0.1, 0.15) is 12.1 Å². The number of rotatable bonds is 5. The van der Waals surface area contributed by atoms with E-state index in [2.05, 4.69) is 9.72 Å². The molecule has 5 nitrogen and oxygen atoms in total. The number of aryl methyl sites for hydroxylation is 1. The number of halogens is 4. The van der Waals surface area contributed by atoms with E-state index in [1.807, 2.05) is 0 Å². The summed E-state index contributed by atoms with van der Waals surface area (Å²) in [7, 11) is 0. The van der Waals surface area contributed by atoms with E-state index in [-0.39, 0.29) is 17.1 Å². The molecule has 3 rings (SSSR count). The molecule has 0 saturated heterocycles. The fourth-order valence-electron chi connectivity index (χ4n) is 2.77. The lowest BCUT2D eigenvalue weighted by Gasteiger charge is -2.15. The van der Waals surface area contributed by atoms with Crippen molar-refractivity contribution in [2.24, 2.45) is 0 Å². The van der Waals surface area contributed by atoms with Crippen LogP contribution in [0.15, 0.2) is 47.3 Å². The number of alkyl halides is 3. The van der Waals surface area contributed by atoms with E-state index in [0.29, 0.717) is 29.6 Å². The summed E-state index contributed by atoms with van der Waals surface area (Å²) in [5.41, 5.74) is 0.163. The Bertz CT molecular complexity index is 1030. The third kappa shape index (κ3) is 4.23. The molecule has 0 aliphatic rings. The van der Waals surface area contributed by atoms with Gasteiger partial charge in [-0.05, 0) is 37.1 Å². The molecule has 0 fully saturated rings. The molecular formula is C18H14ClF3N2O3. The number of aliphatic hydroxyl groups excluding tert-OH is 1. The van der Waals surface area contributed by atoms with Crippen LogP contribution in [-0.4, -0.2) is 27.6 Å². The van der Waals surface area contributed by atoms with Gasteiger partial charge in [-0.25, -0.2) is 4.79 Å². The number of fused-ring (bicyclic) bond motifs is 1. The van der Waals surface area contributed by atoms with E-state index in [9.17, 15) is 18.0 Å². The molecule has 0 aliphatic heterocycles. The molecule has 3 aromatic rings. The summed E-state index contributed by atoms with van der Waals surface area (Å²) in [5.74, 6) is -0.463. The smallest absolute Gasteiger partial charge is 0.406 e. The number of hydrogen-bond acceptors (Lipinski definition) is 4. The van der Waals surface area contributed by atoms with E-state index >= 15 is 0 Å². The first-order chi connectivity index (χ1) is 12.8. The Kier molecular flexibility index (Phi) is 5.38. The quantitative estimate of drug-likeness (QED) is 0.708. The van der Waals surface area contributed by atoms with Gasteiger partial charge in [-0.2, -0.15) is 4.98 Å². The highest BCUT2D eigenvalue weighted by Crippen LogP contribution is 2.29. The summed E-state index contributed by atoms with van der Waals surface area (Å²) < 4.78 is 42.9. The van der Waals surface area contributed by atoms with Crippen molar-refractivity contribution < 1.29 is 23.0 Å². The van der Waals surface area contributed by atoms with Crippen molar-refractivity contribution in [3.63, 3.8) is 0 Å². The highest BCUT2D eigenvalue weighted by Gasteiger charge is 2.31. The number of para-hydroxylation sites is 1. The van der Waals surface area contributed by atoms with Gasteiger partial charge in [0.2, 0.25) is 0 Å². The van der Waals surface area contributed by atoms with E-state index < -0.39 is 17.8 Å². The summed E-state index contributed by atoms with van der Waals surface area (Å²) >= 11 is 6.17. The minimum absolute atomic E-state index is 0.105. The Balaban J connectivity index is 2.30. The summed E-state index contributed by atoms with van der Waals surface area (Å²) in [6.45, 7) is -0.105. The minimum Gasteiger partial charge on any atom is -0.406 e. The highest BCUT2D eigenvalue weighted by atomic mass is 35.5. The van der Waals surface area contributed by atoms with Crippen molar-refractivity contribution in [2.45, 2.75) is 19.2 Å². The molecule has 0 aliphatic carbocycles. The van der Waals surface area contributed by atoms with Crippen LogP contribution >= 0.6 is 11.6 Å². The molecule has 0 spiro atoms. The Morgan fingerprint density at radius 2 is 1.93 bits per heavy atom. The maximum absolute atomic E-state index is 12.6. The molecule has 0 atom stereocenters. The summed E-state index contributed by atoms with van der Waals surface area (Å²) in [6.07, 6.45) is -4.21. The molecule has 1 aromatic heterocycles. The van der Waals surface area contributed by atoms with E-state index in [0.717, 1.165) is 16.7 Å². The lowest BCUT2D eigenvalue weighted by Crippen LogP contribution is -2.24. The van der Waals surface area contributed by atoms with E-state index in [1.165, 1.54) is 6.07 Å². The zero-order valence-corrected chi connectivity index (χ0v) is 14.6. The van der Waals surface area contributed by atoms with Gasteiger partial charge in [-0.3, -0.25) is 4.57 Å². The van der Waals surface area contributed by atoms with Crippen molar-refractivity contribution in [1.82, 2.24) is 9.55 Å². The van der Waals surface area contributed by atoms with Gasteiger partial charge >= 0.3 is 12.1 Å². The Labute approximate surface area is 156 Å². The molecule has 9 heteroatoms. The molecule has 142 valence electrons. The maximum Gasteiger partial charge on any atom is 0.573 e. The van der Waals surface area contributed by atoms with Crippen LogP contribution < -0.4 is 10.4 Å². The zero-order valence-electron chi connectivity index (χ0n) is 13.8. The number of ether oxygens (including phenoxy) is 1. The van der Waals surface area contributed by atoms with Gasteiger partial charge in [0.15, 0.2) is 0 Å². The normalized spacial score (nSPS) is 11.7. The monoisotopic (exact) mass is 398 g/mol. The molecule has 0 saturated carbocycles. The van der Waals surface area contributed by atoms with Crippen molar-refractivity contribution in [1.29, 1.82) is 0 Å². The standard InChI is InChI=1S/C18H14ClF3N2O3/c19-13-4-1-2-6-15(13)24-16-10-11(27-18(20,21)22)7-8-12(16)14(5-3-9-25)23-17(24)26/h1-2,4,6-8,10,25H,3,5,9H2. The van der Waals surface area contributed by atoms with Crippen LogP contribution in [0.5, 0.6) is 5.75 Å². The largest absolute Gasteiger partial charge is 0.573 e. The number of hydrogen-bond donors (Lipinski definition) is 1. The second-order valence-corrected chi connectivity index (χ2v) is 6.09. The fourth-order valence-corrected chi connectivity index (χ4v) is 2.99. The molecule has 0 bridgehead atoms. The molecule has 1 heterocycles. The maximum atomic E-state index is 12.6. The Morgan fingerprint density at radius 3 is 2.59 bits per heavy atom. The third-order valence-electron chi connectivity index (χ3n) is 3.84. The van der Waals surface area contributed by atoms with Gasteiger partial charge in [0, 0.05) is 18.1 Å². The Morgan fingerprint density at radius 1 is 1.19 bits per heavy atom. The van der Waals surface area contributed by atoms with Crippen LogP contribution in [0.4, 0.5) is 13.2 Å². The predicted molar refractivity (Wildman–Crippen MR) is 94.4 cm³/mol. The lowest BCUT2D eigenvalue weighted by molar-refractivity contribution is -0.274. The minimum atomic E-state index is -4.87. The van der Waals surface area contributed by atoms with Gasteiger partial charge in [0.1, 0.15) is 5.75 Å². The van der Waals surface area contributed by atoms with Crippen LogP contribution in [0.3, 0.4) is 0 Å². The second kappa shape index (κ2) is 7.58. The first-order valence-corrected chi connectivity index (χ1v) is 8.35. The van der Waals surface area contributed by atoms with Crippen LogP contribution in [0.2, 0.25) is 5.02 Å². The molecule has 0 radical (unpaired) electrons. The molecule has 2 aromatic carbocycles. The molecule has 1 N–H and O–H groups in total. The van der Waals surface area contributed by atoms with E-state index in [4.69, 9.17) is 16.7 Å². The fraction of sp³-hybridized carbons (Fsp3) is 0.222. The van der Waals surface area contributed by atoms with Crippen LogP contribution in [0.25, 0.3) is 16.6 Å². The van der Waals surface area contributed by atoms with Gasteiger partial charge in [0.25, 0.3) is 0 Å². The van der Waals surface area contributed by atoms with Crippen molar-refractivity contribution in [2.75, 3.05) is 6.61 Å². The SMILES string of the molecule is O=c1nc(CCCO)c2ccc(OC(F)(F)F)cc2n1-c1ccccc1Cl. The predicted octanol–water partition coefficient (Wildman–Crippen LogP) is 3.86. The third-order valence-corrected chi connectivity index (χ3v) is 4.16. The number of nitrogens with zero attached hydrogens (tertiary/aromatic N) is 2. The topological polar surface area (TPSA) is 64.3 Å². The van der Waals surface area contributed by atoms with Crippen LogP contribution in [0, 0.1) is 0 Å². The van der Waals surface area contributed by atoms with Gasteiger partial charge < -0.3 is 9.84 Å². The molecule has 0 amide bonds. The summed E-state index contributed by atoms with van der Waals surface area (Å²) in [5, 5.41) is 9.75. The first-order valence-electron chi connectivity index (χ1n) is 7.97. The van der Waals surface area contributed by atoms with E-state index in [1.54, 1.807) is 24.3 Å². The van der Waals surface area contributed by atoms with Gasteiger partial charge in [0.05, 0.1) is 21.9 Å². The first kappa shape index (κ1) is 19.2. The zero-order chi connectivity index (χ0) is 19.6. The Hall–Kier alpha value is -2.58. The van der Waals surface area contributed by atoms with Crippen LogP contribution in [-0.2, 0) is 6.42 Å².